The summed E-state index contributed by atoms with van der Waals surface area (Å²) in [6, 6.07) is 7.17. The molecule has 0 aromatic heterocycles. The minimum Gasteiger partial charge on any atom is -0.372 e. The topological polar surface area (TPSA) is 3.24 Å². The van der Waals surface area contributed by atoms with Crippen molar-refractivity contribution in [1.29, 1.82) is 0 Å². The summed E-state index contributed by atoms with van der Waals surface area (Å²) in [5.41, 5.74) is 4.71. The Morgan fingerprint density at radius 2 is 2.05 bits per heavy atom. The molecule has 1 atom stereocenters. The van der Waals surface area contributed by atoms with Gasteiger partial charge in [0, 0.05) is 24.7 Å². The van der Waals surface area contributed by atoms with E-state index in [0.717, 1.165) is 6.54 Å². The zero-order valence-electron chi connectivity index (χ0n) is 15.0. The van der Waals surface area contributed by atoms with Crippen LogP contribution in [0.2, 0.25) is 0 Å². The molecule has 1 aliphatic heterocycles. The first-order valence-corrected chi connectivity index (χ1v) is 9.05. The summed E-state index contributed by atoms with van der Waals surface area (Å²) >= 11 is 0. The number of allylic oxidation sites excluding steroid dienone is 1. The summed E-state index contributed by atoms with van der Waals surface area (Å²) in [6.45, 7) is 15.6. The monoisotopic (exact) mass is 299 g/mol. The van der Waals surface area contributed by atoms with E-state index >= 15 is 0 Å². The zero-order chi connectivity index (χ0) is 16.2. The summed E-state index contributed by atoms with van der Waals surface area (Å²) in [5, 5.41) is 0. The normalized spacial score (nSPS) is 17.9. The Hall–Kier alpha value is -1.24. The van der Waals surface area contributed by atoms with E-state index in [4.69, 9.17) is 0 Å². The molecular weight excluding hydrogens is 266 g/mol. The van der Waals surface area contributed by atoms with Crippen LogP contribution < -0.4 is 4.90 Å². The van der Waals surface area contributed by atoms with Crippen molar-refractivity contribution in [2.24, 2.45) is 0 Å². The van der Waals surface area contributed by atoms with Crippen LogP contribution in [0.25, 0.3) is 0 Å². The van der Waals surface area contributed by atoms with E-state index in [1.54, 1.807) is 0 Å². The molecule has 1 nitrogen and oxygen atoms in total. The van der Waals surface area contributed by atoms with Crippen LogP contribution >= 0.6 is 0 Å². The number of benzene rings is 1. The molecule has 2 rings (SSSR count). The third kappa shape index (κ3) is 3.56. The van der Waals surface area contributed by atoms with Crippen LogP contribution in [0.1, 0.15) is 76.8 Å². The molecule has 0 saturated heterocycles. The van der Waals surface area contributed by atoms with Crippen LogP contribution in [0.15, 0.2) is 30.9 Å². The third-order valence-corrected chi connectivity index (χ3v) is 5.31. The third-order valence-electron chi connectivity index (χ3n) is 5.31. The van der Waals surface area contributed by atoms with E-state index in [-0.39, 0.29) is 0 Å². The summed E-state index contributed by atoms with van der Waals surface area (Å²) in [7, 11) is 0. The van der Waals surface area contributed by atoms with Crippen molar-refractivity contribution in [2.45, 2.75) is 71.1 Å². The lowest BCUT2D eigenvalue weighted by atomic mass is 9.76. The SMILES string of the molecule is C=CC(CCCCC)c1ccc2c(c1)N(CC)CCC2(C)C. The summed E-state index contributed by atoms with van der Waals surface area (Å²) < 4.78 is 0. The summed E-state index contributed by atoms with van der Waals surface area (Å²) in [4.78, 5) is 2.54. The summed E-state index contributed by atoms with van der Waals surface area (Å²) in [5.74, 6) is 0.501. The Labute approximate surface area is 137 Å². The molecule has 0 saturated carbocycles. The molecule has 1 heterocycles. The predicted octanol–water partition coefficient (Wildman–Crippen LogP) is 6.04. The van der Waals surface area contributed by atoms with Gasteiger partial charge in [0.1, 0.15) is 0 Å². The van der Waals surface area contributed by atoms with Crippen molar-refractivity contribution in [3.8, 4) is 0 Å². The van der Waals surface area contributed by atoms with Gasteiger partial charge in [0.15, 0.2) is 0 Å². The second-order valence-electron chi connectivity index (χ2n) is 7.33. The highest BCUT2D eigenvalue weighted by molar-refractivity contribution is 5.61. The molecule has 0 N–H and O–H groups in total. The molecule has 0 fully saturated rings. The molecule has 0 spiro atoms. The van der Waals surface area contributed by atoms with Crippen LogP contribution in [0.4, 0.5) is 5.69 Å². The quantitative estimate of drug-likeness (QED) is 0.438. The van der Waals surface area contributed by atoms with E-state index in [9.17, 15) is 0 Å². The fourth-order valence-electron chi connectivity index (χ4n) is 3.65. The van der Waals surface area contributed by atoms with E-state index in [1.165, 1.54) is 55.5 Å². The number of hydrogen-bond acceptors (Lipinski definition) is 1. The van der Waals surface area contributed by atoms with Gasteiger partial charge < -0.3 is 4.90 Å². The second kappa shape index (κ2) is 7.35. The van der Waals surface area contributed by atoms with E-state index in [0.29, 0.717) is 11.3 Å². The lowest BCUT2D eigenvalue weighted by Gasteiger charge is -2.40. The average molecular weight is 300 g/mol. The predicted molar refractivity (Wildman–Crippen MR) is 99.1 cm³/mol. The molecule has 1 heteroatoms. The first kappa shape index (κ1) is 17.1. The van der Waals surface area contributed by atoms with Crippen molar-refractivity contribution < 1.29 is 0 Å². The maximum absolute atomic E-state index is 4.08. The number of fused-ring (bicyclic) bond motifs is 1. The molecule has 0 amide bonds. The van der Waals surface area contributed by atoms with Gasteiger partial charge in [-0.05, 0) is 42.4 Å². The van der Waals surface area contributed by atoms with E-state index < -0.39 is 0 Å². The van der Waals surface area contributed by atoms with Crippen LogP contribution in [0, 0.1) is 0 Å². The van der Waals surface area contributed by atoms with Gasteiger partial charge in [-0.15, -0.1) is 6.58 Å². The molecule has 1 aromatic rings. The Bertz CT molecular complexity index is 501. The Morgan fingerprint density at radius 1 is 1.27 bits per heavy atom. The lowest BCUT2D eigenvalue weighted by molar-refractivity contribution is 0.455. The van der Waals surface area contributed by atoms with Gasteiger partial charge in [0.05, 0.1) is 0 Å². The largest absolute Gasteiger partial charge is 0.372 e. The lowest BCUT2D eigenvalue weighted by Crippen LogP contribution is -2.37. The molecule has 0 aliphatic carbocycles. The van der Waals surface area contributed by atoms with E-state index in [2.05, 4.69) is 63.4 Å². The smallest absolute Gasteiger partial charge is 0.0407 e. The first-order chi connectivity index (χ1) is 10.5. The van der Waals surface area contributed by atoms with E-state index in [1.807, 2.05) is 0 Å². The first-order valence-electron chi connectivity index (χ1n) is 9.05. The van der Waals surface area contributed by atoms with Gasteiger partial charge in [0.2, 0.25) is 0 Å². The molecule has 1 unspecified atom stereocenters. The number of hydrogen-bond donors (Lipinski definition) is 0. The molecular formula is C21H33N. The van der Waals surface area contributed by atoms with Gasteiger partial charge in [-0.3, -0.25) is 0 Å². The number of nitrogens with zero attached hydrogens (tertiary/aromatic N) is 1. The van der Waals surface area contributed by atoms with Gasteiger partial charge in [-0.2, -0.15) is 0 Å². The van der Waals surface area contributed by atoms with Crippen molar-refractivity contribution in [1.82, 2.24) is 0 Å². The van der Waals surface area contributed by atoms with Gasteiger partial charge in [0.25, 0.3) is 0 Å². The molecule has 1 aromatic carbocycles. The summed E-state index contributed by atoms with van der Waals surface area (Å²) in [6.07, 6.45) is 8.52. The van der Waals surface area contributed by atoms with Crippen LogP contribution in [0.3, 0.4) is 0 Å². The number of anilines is 1. The van der Waals surface area contributed by atoms with Crippen molar-refractivity contribution in [3.05, 3.63) is 42.0 Å². The fraction of sp³-hybridized carbons (Fsp3) is 0.619. The van der Waals surface area contributed by atoms with Crippen LogP contribution in [-0.4, -0.2) is 13.1 Å². The zero-order valence-corrected chi connectivity index (χ0v) is 15.0. The maximum Gasteiger partial charge on any atom is 0.0407 e. The standard InChI is InChI=1S/C21H33N/c1-6-9-10-11-17(7-2)18-12-13-19-20(16-18)22(8-3)15-14-21(19,4)5/h7,12-13,16-17H,2,6,8-11,14-15H2,1,3-5H3. The van der Waals surface area contributed by atoms with Crippen LogP contribution in [-0.2, 0) is 5.41 Å². The highest BCUT2D eigenvalue weighted by Gasteiger charge is 2.30. The minimum absolute atomic E-state index is 0.297. The molecule has 22 heavy (non-hydrogen) atoms. The maximum atomic E-state index is 4.08. The van der Waals surface area contributed by atoms with Gasteiger partial charge in [-0.1, -0.05) is 58.2 Å². The average Bonchev–Trinajstić information content (AvgIpc) is 2.51. The van der Waals surface area contributed by atoms with Crippen molar-refractivity contribution >= 4 is 5.69 Å². The van der Waals surface area contributed by atoms with Gasteiger partial charge in [-0.25, -0.2) is 0 Å². The number of rotatable bonds is 7. The van der Waals surface area contributed by atoms with Crippen molar-refractivity contribution in [3.63, 3.8) is 0 Å². The Morgan fingerprint density at radius 3 is 2.68 bits per heavy atom. The number of unbranched alkanes of at least 4 members (excludes halogenated alkanes) is 2. The molecule has 1 aliphatic rings. The Kier molecular flexibility index (Phi) is 5.72. The fourth-order valence-corrected chi connectivity index (χ4v) is 3.65. The Balaban J connectivity index is 2.30. The highest BCUT2D eigenvalue weighted by Crippen LogP contribution is 2.41. The second-order valence-corrected chi connectivity index (χ2v) is 7.33. The van der Waals surface area contributed by atoms with Crippen molar-refractivity contribution in [2.75, 3.05) is 18.0 Å². The molecule has 0 radical (unpaired) electrons. The minimum atomic E-state index is 0.297. The highest BCUT2D eigenvalue weighted by atomic mass is 15.1. The van der Waals surface area contributed by atoms with Crippen LogP contribution in [0.5, 0.6) is 0 Å². The van der Waals surface area contributed by atoms with Gasteiger partial charge >= 0.3 is 0 Å². The molecule has 122 valence electrons. The molecule has 0 bridgehead atoms.